The quantitative estimate of drug-likeness (QED) is 0.559. The van der Waals surface area contributed by atoms with Crippen LogP contribution in [0.5, 0.6) is 5.75 Å². The lowest BCUT2D eigenvalue weighted by molar-refractivity contribution is -0.274. The van der Waals surface area contributed by atoms with Crippen molar-refractivity contribution in [3.63, 3.8) is 0 Å². The van der Waals surface area contributed by atoms with Gasteiger partial charge in [-0.1, -0.05) is 30.7 Å². The normalized spacial score (nSPS) is 15.3. The molecule has 10 heteroatoms. The molecule has 2 aromatic rings. The molecule has 180 valence electrons. The van der Waals surface area contributed by atoms with Crippen molar-refractivity contribution in [2.75, 3.05) is 20.1 Å². The molecule has 0 aromatic heterocycles. The van der Waals surface area contributed by atoms with Gasteiger partial charge in [0.1, 0.15) is 5.75 Å². The molecular weight excluding hydrogens is 457 g/mol. The molecule has 2 aromatic carbocycles. The summed E-state index contributed by atoms with van der Waals surface area (Å²) in [4.78, 5) is 14.2. The molecule has 0 spiro atoms. The molecule has 1 aliphatic heterocycles. The third-order valence-electron chi connectivity index (χ3n) is 5.51. The first kappa shape index (κ1) is 25.0. The SMILES string of the molecule is CN(Cc1ccc(OC(F)(F)F)cc1)C(=O)CCc1ccc(S(=O)(=O)N2CCCCC2)cc1. The van der Waals surface area contributed by atoms with Crippen LogP contribution in [0.3, 0.4) is 0 Å². The number of benzene rings is 2. The number of hydrogen-bond donors (Lipinski definition) is 0. The van der Waals surface area contributed by atoms with E-state index in [0.29, 0.717) is 25.1 Å². The Kier molecular flexibility index (Phi) is 8.01. The summed E-state index contributed by atoms with van der Waals surface area (Å²) in [7, 11) is -1.86. The van der Waals surface area contributed by atoms with Crippen molar-refractivity contribution in [3.05, 3.63) is 59.7 Å². The van der Waals surface area contributed by atoms with Gasteiger partial charge in [0, 0.05) is 33.1 Å². The van der Waals surface area contributed by atoms with Gasteiger partial charge in [0.2, 0.25) is 15.9 Å². The van der Waals surface area contributed by atoms with Crippen LogP contribution in [0.1, 0.15) is 36.8 Å². The number of nitrogens with zero attached hydrogens (tertiary/aromatic N) is 2. The molecule has 0 saturated carbocycles. The van der Waals surface area contributed by atoms with E-state index >= 15 is 0 Å². The fourth-order valence-electron chi connectivity index (χ4n) is 3.68. The Morgan fingerprint density at radius 2 is 1.55 bits per heavy atom. The van der Waals surface area contributed by atoms with E-state index in [1.165, 1.54) is 33.5 Å². The lowest BCUT2D eigenvalue weighted by Crippen LogP contribution is -2.35. The van der Waals surface area contributed by atoms with Gasteiger partial charge in [0.05, 0.1) is 4.90 Å². The minimum Gasteiger partial charge on any atom is -0.406 e. The maximum atomic E-state index is 12.7. The number of carbonyl (C=O) groups excluding carboxylic acids is 1. The van der Waals surface area contributed by atoms with E-state index in [1.807, 2.05) is 0 Å². The number of ether oxygens (including phenoxy) is 1. The Balaban J connectivity index is 1.50. The average Bonchev–Trinajstić information content (AvgIpc) is 2.78. The molecule has 1 aliphatic rings. The van der Waals surface area contributed by atoms with Crippen LogP contribution >= 0.6 is 0 Å². The van der Waals surface area contributed by atoms with E-state index in [9.17, 15) is 26.4 Å². The van der Waals surface area contributed by atoms with Crippen molar-refractivity contribution in [2.24, 2.45) is 0 Å². The van der Waals surface area contributed by atoms with Crippen LogP contribution in [0, 0.1) is 0 Å². The van der Waals surface area contributed by atoms with Crippen LogP contribution in [0.2, 0.25) is 0 Å². The van der Waals surface area contributed by atoms with Crippen molar-refractivity contribution >= 4 is 15.9 Å². The smallest absolute Gasteiger partial charge is 0.406 e. The fourth-order valence-corrected chi connectivity index (χ4v) is 5.20. The third kappa shape index (κ3) is 7.20. The van der Waals surface area contributed by atoms with Gasteiger partial charge in [-0.3, -0.25) is 4.79 Å². The van der Waals surface area contributed by atoms with Crippen molar-refractivity contribution < 1.29 is 31.1 Å². The van der Waals surface area contributed by atoms with E-state index < -0.39 is 16.4 Å². The van der Waals surface area contributed by atoms with Crippen LogP contribution in [-0.2, 0) is 27.8 Å². The first-order valence-electron chi connectivity index (χ1n) is 10.7. The average molecular weight is 485 g/mol. The van der Waals surface area contributed by atoms with Gasteiger partial charge in [-0.15, -0.1) is 13.2 Å². The Hall–Kier alpha value is -2.59. The summed E-state index contributed by atoms with van der Waals surface area (Å²) in [6, 6.07) is 12.0. The number of carbonyl (C=O) groups is 1. The number of aryl methyl sites for hydroxylation is 1. The summed E-state index contributed by atoms with van der Waals surface area (Å²) >= 11 is 0. The summed E-state index contributed by atoms with van der Waals surface area (Å²) in [5.41, 5.74) is 1.52. The molecule has 0 radical (unpaired) electrons. The number of alkyl halides is 3. The van der Waals surface area contributed by atoms with Crippen molar-refractivity contribution in [3.8, 4) is 5.75 Å². The fraction of sp³-hybridized carbons (Fsp3) is 0.435. The Bertz CT molecular complexity index is 1030. The summed E-state index contributed by atoms with van der Waals surface area (Å²) in [6.07, 6.45) is -1.28. The van der Waals surface area contributed by atoms with E-state index in [1.54, 1.807) is 31.3 Å². The van der Waals surface area contributed by atoms with Gasteiger partial charge in [-0.25, -0.2) is 8.42 Å². The lowest BCUT2D eigenvalue weighted by Gasteiger charge is -2.25. The number of halogens is 3. The highest BCUT2D eigenvalue weighted by atomic mass is 32.2. The molecule has 0 bridgehead atoms. The second-order valence-corrected chi connectivity index (χ2v) is 9.99. The van der Waals surface area contributed by atoms with Gasteiger partial charge in [-0.2, -0.15) is 4.31 Å². The largest absolute Gasteiger partial charge is 0.573 e. The predicted octanol–water partition coefficient (Wildman–Crippen LogP) is 4.35. The Morgan fingerprint density at radius 3 is 2.12 bits per heavy atom. The van der Waals surface area contributed by atoms with Crippen LogP contribution in [0.15, 0.2) is 53.4 Å². The molecule has 1 heterocycles. The molecule has 1 saturated heterocycles. The van der Waals surface area contributed by atoms with Gasteiger partial charge >= 0.3 is 6.36 Å². The standard InChI is InChI=1S/C23H27F3N2O4S/c1-27(17-19-5-10-20(11-6-19)32-23(24,25)26)22(29)14-9-18-7-12-21(13-8-18)33(30,31)28-15-3-2-4-16-28/h5-8,10-13H,2-4,9,14-17H2,1H3. The zero-order chi connectivity index (χ0) is 24.1. The molecule has 6 nitrogen and oxygen atoms in total. The Morgan fingerprint density at radius 1 is 0.970 bits per heavy atom. The van der Waals surface area contributed by atoms with Crippen LogP contribution in [0.25, 0.3) is 0 Å². The summed E-state index contributed by atoms with van der Waals surface area (Å²) in [6.45, 7) is 1.34. The second kappa shape index (κ2) is 10.6. The molecular formula is C23H27F3N2O4S. The number of rotatable bonds is 8. The Labute approximate surface area is 192 Å². The number of piperidine rings is 1. The third-order valence-corrected chi connectivity index (χ3v) is 7.42. The van der Waals surface area contributed by atoms with E-state index in [4.69, 9.17) is 0 Å². The lowest BCUT2D eigenvalue weighted by atomic mass is 10.1. The van der Waals surface area contributed by atoms with Gasteiger partial charge in [-0.05, 0) is 54.7 Å². The summed E-state index contributed by atoms with van der Waals surface area (Å²) < 4.78 is 67.5. The topological polar surface area (TPSA) is 66.9 Å². The van der Waals surface area contributed by atoms with E-state index in [2.05, 4.69) is 4.74 Å². The van der Waals surface area contributed by atoms with Crippen LogP contribution < -0.4 is 4.74 Å². The number of sulfonamides is 1. The molecule has 0 atom stereocenters. The summed E-state index contributed by atoms with van der Waals surface area (Å²) in [5, 5.41) is 0. The monoisotopic (exact) mass is 484 g/mol. The molecule has 0 N–H and O–H groups in total. The van der Waals surface area contributed by atoms with Crippen LogP contribution in [0.4, 0.5) is 13.2 Å². The van der Waals surface area contributed by atoms with Gasteiger partial charge < -0.3 is 9.64 Å². The predicted molar refractivity (Wildman–Crippen MR) is 117 cm³/mol. The molecule has 1 fully saturated rings. The minimum atomic E-state index is -4.75. The zero-order valence-corrected chi connectivity index (χ0v) is 19.2. The second-order valence-electron chi connectivity index (χ2n) is 8.05. The van der Waals surface area contributed by atoms with Crippen LogP contribution in [-0.4, -0.2) is 50.0 Å². The van der Waals surface area contributed by atoms with Gasteiger partial charge in [0.25, 0.3) is 0 Å². The number of amides is 1. The van der Waals surface area contributed by atoms with E-state index in [-0.39, 0.29) is 29.5 Å². The maximum Gasteiger partial charge on any atom is 0.573 e. The zero-order valence-electron chi connectivity index (χ0n) is 18.3. The van der Waals surface area contributed by atoms with E-state index in [0.717, 1.165) is 24.8 Å². The highest BCUT2D eigenvalue weighted by Gasteiger charge is 2.31. The summed E-state index contributed by atoms with van der Waals surface area (Å²) in [5.74, 6) is -0.443. The molecule has 0 aliphatic carbocycles. The molecule has 3 rings (SSSR count). The van der Waals surface area contributed by atoms with Crippen molar-refractivity contribution in [1.29, 1.82) is 0 Å². The highest BCUT2D eigenvalue weighted by molar-refractivity contribution is 7.89. The molecule has 1 amide bonds. The maximum absolute atomic E-state index is 12.7. The van der Waals surface area contributed by atoms with Crippen molar-refractivity contribution in [1.82, 2.24) is 9.21 Å². The molecule has 0 unspecified atom stereocenters. The van der Waals surface area contributed by atoms with Gasteiger partial charge in [0.15, 0.2) is 0 Å². The highest BCUT2D eigenvalue weighted by Crippen LogP contribution is 2.23. The minimum absolute atomic E-state index is 0.129. The van der Waals surface area contributed by atoms with Crippen molar-refractivity contribution in [2.45, 2.75) is 49.9 Å². The number of hydrogen-bond acceptors (Lipinski definition) is 4. The first-order valence-corrected chi connectivity index (χ1v) is 12.2. The molecule has 33 heavy (non-hydrogen) atoms. The first-order chi connectivity index (χ1) is 15.5.